The average molecular weight is 592 g/mol. The largest absolute Gasteiger partial charge is 0.444 e. The van der Waals surface area contributed by atoms with Crippen molar-refractivity contribution in [2.45, 2.75) is 52.7 Å². The van der Waals surface area contributed by atoms with Gasteiger partial charge in [-0.2, -0.15) is 4.98 Å². The third-order valence-corrected chi connectivity index (χ3v) is 5.77. The number of anilines is 5. The first-order valence-corrected chi connectivity index (χ1v) is 13.6. The number of carbonyl (C=O) groups excluding carboxylic acids is 4. The summed E-state index contributed by atoms with van der Waals surface area (Å²) >= 11 is 0. The SMILES string of the molecule is CCCNc1nc(NC(=O)Nc2ccncc2)ncc1C(=O)Nc1cccc(NC(=O)[C@H](C)N(C)C(=O)OC(C)(C)C)c1. The first-order valence-electron chi connectivity index (χ1n) is 13.6. The Kier molecular flexibility index (Phi) is 10.9. The molecule has 14 nitrogen and oxygen atoms in total. The molecule has 1 aromatic carbocycles. The summed E-state index contributed by atoms with van der Waals surface area (Å²) in [6, 6.07) is 8.43. The fraction of sp³-hybridized carbons (Fsp3) is 0.345. The zero-order chi connectivity index (χ0) is 31.6. The lowest BCUT2D eigenvalue weighted by Crippen LogP contribution is -2.45. The highest BCUT2D eigenvalue weighted by molar-refractivity contribution is 6.08. The van der Waals surface area contributed by atoms with Crippen molar-refractivity contribution in [3.8, 4) is 0 Å². The second-order valence-electron chi connectivity index (χ2n) is 10.5. The molecule has 2 heterocycles. The molecule has 43 heavy (non-hydrogen) atoms. The van der Waals surface area contributed by atoms with E-state index in [2.05, 4.69) is 41.5 Å². The van der Waals surface area contributed by atoms with E-state index >= 15 is 0 Å². The number of ether oxygens (including phenoxy) is 1. The maximum atomic E-state index is 13.2. The van der Waals surface area contributed by atoms with E-state index in [1.165, 1.54) is 18.1 Å². The van der Waals surface area contributed by atoms with Crippen molar-refractivity contribution in [3.05, 3.63) is 60.6 Å². The molecule has 228 valence electrons. The molecule has 5 amide bonds. The Balaban J connectivity index is 1.68. The standard InChI is InChI=1S/C29H37N9O5/c1-7-13-31-23-22(17-32-26(36-23)37-27(41)35-19-11-14-30-15-12-19)25(40)34-21-10-8-9-20(16-21)33-24(39)18(2)38(6)28(42)43-29(3,4)5/h8-12,14-18H,7,13H2,1-6H3,(H,33,39)(H,34,40)(H3,30,31,32,35,36,37,41)/t18-/m0/s1. The molecule has 0 aliphatic heterocycles. The van der Waals surface area contributed by atoms with Gasteiger partial charge in [-0.15, -0.1) is 0 Å². The molecule has 2 aromatic heterocycles. The van der Waals surface area contributed by atoms with Crippen LogP contribution in [-0.4, -0.2) is 69.0 Å². The number of nitrogens with one attached hydrogen (secondary N) is 5. The Morgan fingerprint density at radius 3 is 2.28 bits per heavy atom. The molecule has 0 saturated carbocycles. The number of hydrogen-bond donors (Lipinski definition) is 5. The number of likely N-dealkylation sites (N-methyl/N-ethyl adjacent to an activating group) is 1. The van der Waals surface area contributed by atoms with Gasteiger partial charge in [0.15, 0.2) is 0 Å². The third kappa shape index (κ3) is 9.95. The van der Waals surface area contributed by atoms with Gasteiger partial charge in [-0.3, -0.25) is 24.8 Å². The van der Waals surface area contributed by atoms with Crippen LogP contribution >= 0.6 is 0 Å². The van der Waals surface area contributed by atoms with Crippen LogP contribution < -0.4 is 26.6 Å². The van der Waals surface area contributed by atoms with E-state index in [0.29, 0.717) is 23.6 Å². The van der Waals surface area contributed by atoms with Gasteiger partial charge in [0, 0.05) is 49.2 Å². The van der Waals surface area contributed by atoms with E-state index < -0.39 is 35.6 Å². The van der Waals surface area contributed by atoms with Gasteiger partial charge < -0.3 is 26.0 Å². The van der Waals surface area contributed by atoms with Gasteiger partial charge in [-0.25, -0.2) is 14.6 Å². The van der Waals surface area contributed by atoms with Crippen LogP contribution in [0.5, 0.6) is 0 Å². The lowest BCUT2D eigenvalue weighted by atomic mass is 10.2. The number of amides is 5. The highest BCUT2D eigenvalue weighted by Crippen LogP contribution is 2.20. The highest BCUT2D eigenvalue weighted by atomic mass is 16.6. The number of urea groups is 1. The maximum Gasteiger partial charge on any atom is 0.410 e. The van der Waals surface area contributed by atoms with E-state index in [9.17, 15) is 19.2 Å². The molecule has 0 spiro atoms. The van der Waals surface area contributed by atoms with Crippen molar-refractivity contribution in [2.75, 3.05) is 40.2 Å². The molecule has 0 bridgehead atoms. The summed E-state index contributed by atoms with van der Waals surface area (Å²) in [7, 11) is 1.48. The van der Waals surface area contributed by atoms with Crippen LogP contribution in [0.1, 0.15) is 51.4 Å². The van der Waals surface area contributed by atoms with Crippen LogP contribution in [0, 0.1) is 0 Å². The molecule has 5 N–H and O–H groups in total. The summed E-state index contributed by atoms with van der Waals surface area (Å²) in [5.74, 6) is -0.714. The molecule has 0 aliphatic rings. The zero-order valence-corrected chi connectivity index (χ0v) is 25.0. The van der Waals surface area contributed by atoms with Crippen molar-refractivity contribution in [2.24, 2.45) is 0 Å². The normalized spacial score (nSPS) is 11.5. The molecule has 3 rings (SSSR count). The number of nitrogens with zero attached hydrogens (tertiary/aromatic N) is 4. The molecule has 0 saturated heterocycles. The minimum atomic E-state index is -0.823. The smallest absolute Gasteiger partial charge is 0.410 e. The van der Waals surface area contributed by atoms with Crippen molar-refractivity contribution >= 4 is 52.8 Å². The van der Waals surface area contributed by atoms with Gasteiger partial charge in [0.2, 0.25) is 11.9 Å². The van der Waals surface area contributed by atoms with E-state index in [1.807, 2.05) is 6.92 Å². The number of rotatable bonds is 10. The van der Waals surface area contributed by atoms with E-state index in [0.717, 1.165) is 6.42 Å². The minimum absolute atomic E-state index is 0.00288. The number of hydrogen-bond acceptors (Lipinski definition) is 9. The summed E-state index contributed by atoms with van der Waals surface area (Å²) in [4.78, 5) is 64.3. The lowest BCUT2D eigenvalue weighted by molar-refractivity contribution is -0.120. The summed E-state index contributed by atoms with van der Waals surface area (Å²) < 4.78 is 5.33. The van der Waals surface area contributed by atoms with E-state index in [4.69, 9.17) is 4.74 Å². The summed E-state index contributed by atoms with van der Waals surface area (Å²) in [5, 5.41) is 13.8. The molecule has 0 fully saturated rings. The van der Waals surface area contributed by atoms with Crippen LogP contribution in [0.4, 0.5) is 38.4 Å². The summed E-state index contributed by atoms with van der Waals surface area (Å²) in [5.41, 5.74) is 0.798. The van der Waals surface area contributed by atoms with Crippen molar-refractivity contribution in [1.82, 2.24) is 19.9 Å². The Morgan fingerprint density at radius 2 is 1.63 bits per heavy atom. The van der Waals surface area contributed by atoms with Crippen molar-refractivity contribution in [3.63, 3.8) is 0 Å². The maximum absolute atomic E-state index is 13.2. The van der Waals surface area contributed by atoms with Crippen LogP contribution in [0.3, 0.4) is 0 Å². The fourth-order valence-corrected chi connectivity index (χ4v) is 3.47. The van der Waals surface area contributed by atoms with Gasteiger partial charge in [-0.1, -0.05) is 13.0 Å². The van der Waals surface area contributed by atoms with Crippen LogP contribution in [0.2, 0.25) is 0 Å². The summed E-state index contributed by atoms with van der Waals surface area (Å²) in [6.07, 6.45) is 4.53. The fourth-order valence-electron chi connectivity index (χ4n) is 3.47. The second-order valence-corrected chi connectivity index (χ2v) is 10.5. The minimum Gasteiger partial charge on any atom is -0.444 e. The predicted octanol–water partition coefficient (Wildman–Crippen LogP) is 4.78. The van der Waals surface area contributed by atoms with Crippen LogP contribution in [0.15, 0.2) is 55.0 Å². The first-order chi connectivity index (χ1) is 20.4. The van der Waals surface area contributed by atoms with Gasteiger partial charge in [0.1, 0.15) is 23.0 Å². The Morgan fingerprint density at radius 1 is 0.953 bits per heavy atom. The average Bonchev–Trinajstić information content (AvgIpc) is 2.95. The number of aromatic nitrogens is 3. The number of carbonyl (C=O) groups is 4. The Hall–Kier alpha value is -5.27. The Labute approximate surface area is 250 Å². The molecule has 3 aromatic rings. The van der Waals surface area contributed by atoms with Gasteiger partial charge >= 0.3 is 12.1 Å². The molecule has 0 aliphatic carbocycles. The molecular formula is C29H37N9O5. The molecule has 0 radical (unpaired) electrons. The van der Waals surface area contributed by atoms with E-state index in [-0.39, 0.29) is 17.3 Å². The van der Waals surface area contributed by atoms with Gasteiger partial charge in [-0.05, 0) is 64.4 Å². The highest BCUT2D eigenvalue weighted by Gasteiger charge is 2.27. The molecule has 14 heteroatoms. The first kappa shape index (κ1) is 32.2. The monoisotopic (exact) mass is 591 g/mol. The van der Waals surface area contributed by atoms with E-state index in [1.54, 1.807) is 76.5 Å². The third-order valence-electron chi connectivity index (χ3n) is 5.77. The van der Waals surface area contributed by atoms with Crippen LogP contribution in [-0.2, 0) is 9.53 Å². The molecule has 0 unspecified atom stereocenters. The number of pyridine rings is 1. The molecule has 1 atom stereocenters. The number of benzene rings is 1. The summed E-state index contributed by atoms with van der Waals surface area (Å²) in [6.45, 7) is 9.30. The Bertz CT molecular complexity index is 1440. The topological polar surface area (TPSA) is 180 Å². The van der Waals surface area contributed by atoms with Gasteiger partial charge in [0.25, 0.3) is 5.91 Å². The predicted molar refractivity (Wildman–Crippen MR) is 164 cm³/mol. The second kappa shape index (κ2) is 14.6. The molecular weight excluding hydrogens is 554 g/mol. The van der Waals surface area contributed by atoms with Gasteiger partial charge in [0.05, 0.1) is 0 Å². The lowest BCUT2D eigenvalue weighted by Gasteiger charge is -2.28. The van der Waals surface area contributed by atoms with Crippen LogP contribution in [0.25, 0.3) is 0 Å². The van der Waals surface area contributed by atoms with Crippen molar-refractivity contribution in [1.29, 1.82) is 0 Å². The zero-order valence-electron chi connectivity index (χ0n) is 25.0. The van der Waals surface area contributed by atoms with Crippen molar-refractivity contribution < 1.29 is 23.9 Å². The quantitative estimate of drug-likeness (QED) is 0.222.